The molecular formula is C24H36N6O2. The van der Waals surface area contributed by atoms with Crippen LogP contribution in [-0.4, -0.2) is 39.7 Å². The molecule has 5 N–H and O–H groups in total. The summed E-state index contributed by atoms with van der Waals surface area (Å²) in [6.45, 7) is 13.2. The molecule has 1 aliphatic heterocycles. The lowest BCUT2D eigenvalue weighted by Gasteiger charge is -2.46. The highest BCUT2D eigenvalue weighted by Crippen LogP contribution is 2.33. The Hall–Kier alpha value is -2.87. The van der Waals surface area contributed by atoms with E-state index in [4.69, 9.17) is 10.5 Å². The van der Waals surface area contributed by atoms with Gasteiger partial charge in [0.2, 0.25) is 0 Å². The van der Waals surface area contributed by atoms with E-state index >= 15 is 0 Å². The zero-order valence-corrected chi connectivity index (χ0v) is 20.0. The van der Waals surface area contributed by atoms with E-state index in [0.717, 1.165) is 18.5 Å². The first-order valence-corrected chi connectivity index (χ1v) is 11.1. The third-order valence-corrected chi connectivity index (χ3v) is 5.35. The summed E-state index contributed by atoms with van der Waals surface area (Å²) in [5.74, 6) is 1.11. The summed E-state index contributed by atoms with van der Waals surface area (Å²) in [6.07, 6.45) is 3.41. The molecule has 1 saturated heterocycles. The molecule has 0 radical (unpaired) electrons. The van der Waals surface area contributed by atoms with Crippen LogP contribution in [0.1, 0.15) is 64.7 Å². The monoisotopic (exact) mass is 440 g/mol. The SMILES string of the molecule is CC(C)COC(=O)c1ccc(Nc2ncnc(NC3CC(C)(C)NC(C)(C)C3)c2N)cc1. The Balaban J connectivity index is 1.69. The van der Waals surface area contributed by atoms with Crippen molar-refractivity contribution in [3.05, 3.63) is 36.2 Å². The lowest BCUT2D eigenvalue weighted by Crippen LogP contribution is -2.60. The molecule has 0 spiro atoms. The Kier molecular flexibility index (Phi) is 6.93. The van der Waals surface area contributed by atoms with E-state index in [0.29, 0.717) is 35.4 Å². The van der Waals surface area contributed by atoms with Crippen molar-refractivity contribution >= 4 is 29.0 Å². The molecule has 1 aliphatic rings. The van der Waals surface area contributed by atoms with Gasteiger partial charge in [0.25, 0.3) is 0 Å². The lowest BCUT2D eigenvalue weighted by molar-refractivity contribution is 0.0459. The Labute approximate surface area is 190 Å². The Morgan fingerprint density at radius 1 is 1.12 bits per heavy atom. The highest BCUT2D eigenvalue weighted by molar-refractivity contribution is 5.90. The number of esters is 1. The molecule has 3 rings (SSSR count). The first-order chi connectivity index (χ1) is 14.9. The van der Waals surface area contributed by atoms with Crippen molar-refractivity contribution in [2.45, 2.75) is 71.5 Å². The number of hydrogen-bond acceptors (Lipinski definition) is 8. The number of nitrogen functional groups attached to an aromatic ring is 1. The van der Waals surface area contributed by atoms with Crippen LogP contribution in [0.3, 0.4) is 0 Å². The molecule has 0 bridgehead atoms. The predicted molar refractivity (Wildman–Crippen MR) is 129 cm³/mol. The summed E-state index contributed by atoms with van der Waals surface area (Å²) < 4.78 is 5.27. The van der Waals surface area contributed by atoms with Crippen LogP contribution in [0.25, 0.3) is 0 Å². The van der Waals surface area contributed by atoms with Crippen LogP contribution in [0.15, 0.2) is 30.6 Å². The average Bonchev–Trinajstić information content (AvgIpc) is 2.67. The van der Waals surface area contributed by atoms with Crippen LogP contribution >= 0.6 is 0 Å². The Morgan fingerprint density at radius 2 is 1.72 bits per heavy atom. The predicted octanol–water partition coefficient (Wildman–Crippen LogP) is 4.34. The maximum absolute atomic E-state index is 12.1. The number of piperidine rings is 1. The minimum Gasteiger partial charge on any atom is -0.462 e. The van der Waals surface area contributed by atoms with Crippen LogP contribution in [0.4, 0.5) is 23.0 Å². The van der Waals surface area contributed by atoms with Crippen LogP contribution in [-0.2, 0) is 4.74 Å². The van der Waals surface area contributed by atoms with Gasteiger partial charge in [0, 0.05) is 22.8 Å². The van der Waals surface area contributed by atoms with Crippen LogP contribution in [0.2, 0.25) is 0 Å². The number of nitrogens with one attached hydrogen (secondary N) is 3. The van der Waals surface area contributed by atoms with Crippen molar-refractivity contribution in [2.24, 2.45) is 5.92 Å². The number of hydrogen-bond donors (Lipinski definition) is 4. The van der Waals surface area contributed by atoms with Crippen molar-refractivity contribution < 1.29 is 9.53 Å². The number of ether oxygens (including phenoxy) is 1. The van der Waals surface area contributed by atoms with Gasteiger partial charge in [-0.2, -0.15) is 0 Å². The minimum absolute atomic E-state index is 0.0142. The molecule has 2 aromatic rings. The van der Waals surface area contributed by atoms with Crippen molar-refractivity contribution in [1.29, 1.82) is 0 Å². The Morgan fingerprint density at radius 3 is 2.31 bits per heavy atom. The van der Waals surface area contributed by atoms with Gasteiger partial charge in [-0.05, 0) is 70.7 Å². The lowest BCUT2D eigenvalue weighted by atomic mass is 9.79. The minimum atomic E-state index is -0.328. The van der Waals surface area contributed by atoms with Gasteiger partial charge >= 0.3 is 5.97 Å². The second kappa shape index (κ2) is 9.32. The van der Waals surface area contributed by atoms with Gasteiger partial charge in [-0.1, -0.05) is 13.8 Å². The van der Waals surface area contributed by atoms with Gasteiger partial charge in [0.1, 0.15) is 12.0 Å². The summed E-state index contributed by atoms with van der Waals surface area (Å²) in [7, 11) is 0. The van der Waals surface area contributed by atoms with Crippen molar-refractivity contribution in [3.8, 4) is 0 Å². The smallest absolute Gasteiger partial charge is 0.338 e. The van der Waals surface area contributed by atoms with E-state index in [9.17, 15) is 4.79 Å². The molecule has 2 heterocycles. The molecule has 0 aliphatic carbocycles. The number of carbonyl (C=O) groups is 1. The van der Waals surface area contributed by atoms with Gasteiger partial charge in [-0.15, -0.1) is 0 Å². The van der Waals surface area contributed by atoms with Crippen molar-refractivity contribution in [1.82, 2.24) is 15.3 Å². The van der Waals surface area contributed by atoms with Crippen molar-refractivity contribution in [2.75, 3.05) is 23.0 Å². The summed E-state index contributed by atoms with van der Waals surface area (Å²) in [5, 5.41) is 10.4. The third kappa shape index (κ3) is 6.32. The Bertz CT molecular complexity index is 924. The third-order valence-electron chi connectivity index (χ3n) is 5.35. The van der Waals surface area contributed by atoms with Crippen LogP contribution < -0.4 is 21.7 Å². The summed E-state index contributed by atoms with van der Waals surface area (Å²) in [6, 6.07) is 7.29. The fourth-order valence-corrected chi connectivity index (χ4v) is 4.38. The molecule has 1 aromatic heterocycles. The second-order valence-corrected chi connectivity index (χ2v) is 10.3. The molecular weight excluding hydrogens is 404 g/mol. The number of nitrogens with zero attached hydrogens (tertiary/aromatic N) is 2. The number of anilines is 4. The highest BCUT2D eigenvalue weighted by atomic mass is 16.5. The normalized spacial score (nSPS) is 17.7. The molecule has 0 unspecified atom stereocenters. The summed E-state index contributed by atoms with van der Waals surface area (Å²) in [5.41, 5.74) is 8.15. The average molecular weight is 441 g/mol. The van der Waals surface area contributed by atoms with Gasteiger partial charge in [-0.25, -0.2) is 14.8 Å². The molecule has 1 aromatic carbocycles. The fraction of sp³-hybridized carbons (Fsp3) is 0.542. The topological polar surface area (TPSA) is 114 Å². The van der Waals surface area contributed by atoms with Crippen LogP contribution in [0.5, 0.6) is 0 Å². The van der Waals surface area contributed by atoms with Crippen LogP contribution in [0, 0.1) is 5.92 Å². The van der Waals surface area contributed by atoms with Gasteiger partial charge in [-0.3, -0.25) is 0 Å². The number of benzene rings is 1. The molecule has 174 valence electrons. The summed E-state index contributed by atoms with van der Waals surface area (Å²) >= 11 is 0. The van der Waals surface area contributed by atoms with Gasteiger partial charge in [0.15, 0.2) is 11.6 Å². The highest BCUT2D eigenvalue weighted by Gasteiger charge is 2.37. The number of carbonyl (C=O) groups excluding carboxylic acids is 1. The maximum atomic E-state index is 12.1. The van der Waals surface area contributed by atoms with E-state index in [-0.39, 0.29) is 23.1 Å². The zero-order valence-electron chi connectivity index (χ0n) is 20.0. The summed E-state index contributed by atoms with van der Waals surface area (Å²) in [4.78, 5) is 20.8. The molecule has 8 nitrogen and oxygen atoms in total. The van der Waals surface area contributed by atoms with E-state index in [1.165, 1.54) is 6.33 Å². The standard InChI is InChI=1S/C24H36N6O2/c1-15(2)13-32-22(31)16-7-9-17(10-8-16)28-20-19(25)21(27-14-26-20)29-18-11-23(3,4)30-24(5,6)12-18/h7-10,14-15,18,30H,11-13,25H2,1-6H3,(H2,26,27,28,29). The molecule has 0 atom stereocenters. The number of nitrogens with two attached hydrogens (primary N) is 1. The second-order valence-electron chi connectivity index (χ2n) is 10.3. The first-order valence-electron chi connectivity index (χ1n) is 11.1. The number of aromatic nitrogens is 2. The molecule has 1 fully saturated rings. The molecule has 0 amide bonds. The molecule has 8 heteroatoms. The molecule has 32 heavy (non-hydrogen) atoms. The quantitative estimate of drug-likeness (QED) is 0.470. The van der Waals surface area contributed by atoms with Gasteiger partial charge < -0.3 is 26.4 Å². The van der Waals surface area contributed by atoms with E-state index in [2.05, 4.69) is 53.6 Å². The van der Waals surface area contributed by atoms with Crippen molar-refractivity contribution in [3.63, 3.8) is 0 Å². The van der Waals surface area contributed by atoms with E-state index < -0.39 is 0 Å². The van der Waals surface area contributed by atoms with Gasteiger partial charge in [0.05, 0.1) is 12.2 Å². The van der Waals surface area contributed by atoms with E-state index in [1.807, 2.05) is 13.8 Å². The maximum Gasteiger partial charge on any atom is 0.338 e. The fourth-order valence-electron chi connectivity index (χ4n) is 4.38. The molecule has 0 saturated carbocycles. The largest absolute Gasteiger partial charge is 0.462 e. The number of rotatable bonds is 7. The van der Waals surface area contributed by atoms with E-state index in [1.54, 1.807) is 24.3 Å². The first kappa shape index (κ1) is 23.8. The zero-order chi connectivity index (χ0) is 23.5.